The third-order valence-electron chi connectivity index (χ3n) is 18.0. The number of hydrogen-bond acceptors (Lipinski definition) is 8. The van der Waals surface area contributed by atoms with Gasteiger partial charge in [-0.3, -0.25) is 18.6 Å². The second-order valence-corrected chi connectivity index (χ2v) is 28.4. The summed E-state index contributed by atoms with van der Waals surface area (Å²) in [5.74, 6) is -0.805. The molecule has 9 nitrogen and oxygen atoms in total. The molecule has 89 heavy (non-hydrogen) atoms. The molecule has 0 rings (SSSR count). The molecule has 0 saturated heterocycles. The van der Waals surface area contributed by atoms with E-state index in [0.29, 0.717) is 6.42 Å². The maximum atomic E-state index is 12.8. The molecule has 0 fully saturated rings. The van der Waals surface area contributed by atoms with Crippen LogP contribution in [0.25, 0.3) is 0 Å². The topological polar surface area (TPSA) is 134 Å². The Morgan fingerprint density at radius 3 is 0.865 bits per heavy atom. The molecule has 3 N–H and O–H groups in total. The van der Waals surface area contributed by atoms with Crippen molar-refractivity contribution in [2.75, 3.05) is 26.4 Å². The molecule has 0 radical (unpaired) electrons. The number of unbranched alkanes of at least 4 members (excludes halogenated alkanes) is 57. The molecule has 0 saturated carbocycles. The summed E-state index contributed by atoms with van der Waals surface area (Å²) in [6, 6.07) is 0. The van der Waals surface area contributed by atoms with Crippen LogP contribution in [0.5, 0.6) is 0 Å². The van der Waals surface area contributed by atoms with E-state index in [1.165, 1.54) is 340 Å². The van der Waals surface area contributed by atoms with Crippen molar-refractivity contribution in [3.8, 4) is 0 Å². The average molecular weight is 1280 g/mol. The van der Waals surface area contributed by atoms with Gasteiger partial charge in [0.15, 0.2) is 6.10 Å². The predicted molar refractivity (Wildman–Crippen MR) is 386 cm³/mol. The van der Waals surface area contributed by atoms with Crippen molar-refractivity contribution in [2.45, 2.75) is 431 Å². The first-order valence-corrected chi connectivity index (χ1v) is 41.0. The number of nitrogens with two attached hydrogens (primary N) is 1. The Bertz CT molecular complexity index is 1550. The van der Waals surface area contributed by atoms with Crippen LogP contribution in [0.3, 0.4) is 0 Å². The Hall–Kier alpha value is -1.77. The van der Waals surface area contributed by atoms with Crippen LogP contribution in [-0.4, -0.2) is 49.3 Å². The number of phosphoric ester groups is 1. The molecule has 0 aromatic rings. The zero-order valence-corrected chi connectivity index (χ0v) is 60.3. The van der Waals surface area contributed by atoms with Gasteiger partial charge in [-0.25, -0.2) is 4.57 Å². The van der Waals surface area contributed by atoms with E-state index in [2.05, 4.69) is 50.3 Å². The monoisotopic (exact) mass is 1270 g/mol. The highest BCUT2D eigenvalue weighted by Gasteiger charge is 2.26. The SMILES string of the molecule is CCCCCCC/C=C\C/C=C\C/C=C\CCCCCCCCCCCCCCCCC(=O)OC(COC(=O)CCCCCCCCCCCCCCCCCCCCCCCCCCCCCCCCCCCCCCCCC)COP(=O)(O)OCCN. The van der Waals surface area contributed by atoms with Crippen LogP contribution in [0.4, 0.5) is 0 Å². The Labute approximate surface area is 554 Å². The standard InChI is InChI=1S/C79H152NO8P/c1-3-5-7-9-11-13-15-17-19-21-23-25-27-29-31-33-34-35-36-37-38-39-40-41-42-44-45-47-49-51-53-55-57-59-61-63-65-67-69-71-78(81)85-75-77(76-87-89(83,84)86-74-73-80)88-79(82)72-70-68-66-64-62-60-58-56-54-52-50-48-46-43-32-30-28-26-24-22-20-18-16-14-12-10-8-6-4-2/h16,18,22,24,28,30,77H,3-15,17,19-21,23,25-27,29,31-76,80H2,1-2H3,(H,83,84)/b18-16-,24-22-,30-28-. The van der Waals surface area contributed by atoms with E-state index in [4.69, 9.17) is 24.3 Å². The minimum Gasteiger partial charge on any atom is -0.462 e. The summed E-state index contributed by atoms with van der Waals surface area (Å²) in [4.78, 5) is 35.4. The molecule has 2 unspecified atom stereocenters. The molecule has 0 amide bonds. The molecule has 0 aliphatic rings. The van der Waals surface area contributed by atoms with Gasteiger partial charge in [0.25, 0.3) is 0 Å². The van der Waals surface area contributed by atoms with Crippen LogP contribution in [0, 0.1) is 0 Å². The average Bonchev–Trinajstić information content (AvgIpc) is 3.68. The largest absolute Gasteiger partial charge is 0.472 e. The lowest BCUT2D eigenvalue weighted by molar-refractivity contribution is -0.161. The second kappa shape index (κ2) is 75.3. The van der Waals surface area contributed by atoms with Gasteiger partial charge in [-0.1, -0.05) is 397 Å². The molecule has 10 heteroatoms. The number of allylic oxidation sites excluding steroid dienone is 6. The molecule has 2 atom stereocenters. The summed E-state index contributed by atoms with van der Waals surface area (Å²) < 4.78 is 33.3. The zero-order valence-electron chi connectivity index (χ0n) is 59.5. The number of hydrogen-bond donors (Lipinski definition) is 2. The van der Waals surface area contributed by atoms with Crippen LogP contribution in [-0.2, 0) is 32.7 Å². The van der Waals surface area contributed by atoms with Crippen molar-refractivity contribution < 1.29 is 37.6 Å². The van der Waals surface area contributed by atoms with Crippen molar-refractivity contribution in [1.82, 2.24) is 0 Å². The molecule has 0 aliphatic carbocycles. The van der Waals surface area contributed by atoms with E-state index >= 15 is 0 Å². The van der Waals surface area contributed by atoms with Gasteiger partial charge in [0.05, 0.1) is 13.2 Å². The van der Waals surface area contributed by atoms with E-state index in [0.717, 1.165) is 51.4 Å². The van der Waals surface area contributed by atoms with Gasteiger partial charge in [-0.15, -0.1) is 0 Å². The first-order valence-electron chi connectivity index (χ1n) is 39.5. The zero-order chi connectivity index (χ0) is 64.4. The van der Waals surface area contributed by atoms with E-state index in [1.54, 1.807) is 0 Å². The lowest BCUT2D eigenvalue weighted by atomic mass is 10.0. The molecule has 0 aromatic carbocycles. The van der Waals surface area contributed by atoms with Gasteiger partial charge in [0.2, 0.25) is 0 Å². The van der Waals surface area contributed by atoms with E-state index in [1.807, 2.05) is 0 Å². The fourth-order valence-corrected chi connectivity index (χ4v) is 12.9. The van der Waals surface area contributed by atoms with E-state index < -0.39 is 26.5 Å². The highest BCUT2D eigenvalue weighted by Crippen LogP contribution is 2.43. The maximum absolute atomic E-state index is 12.8. The summed E-state index contributed by atoms with van der Waals surface area (Å²) in [6.07, 6.45) is 95.8. The minimum atomic E-state index is -4.39. The third-order valence-corrected chi connectivity index (χ3v) is 19.0. The summed E-state index contributed by atoms with van der Waals surface area (Å²) >= 11 is 0. The van der Waals surface area contributed by atoms with E-state index in [9.17, 15) is 19.0 Å². The quantitative estimate of drug-likeness (QED) is 0.0264. The fourth-order valence-electron chi connectivity index (χ4n) is 12.2. The third kappa shape index (κ3) is 75.1. The van der Waals surface area contributed by atoms with Crippen molar-refractivity contribution in [3.05, 3.63) is 36.5 Å². The first kappa shape index (κ1) is 87.2. The van der Waals surface area contributed by atoms with Crippen molar-refractivity contribution >= 4 is 19.8 Å². The molecule has 0 heterocycles. The number of carbonyl (C=O) groups excluding carboxylic acids is 2. The Morgan fingerprint density at radius 2 is 0.584 bits per heavy atom. The highest BCUT2D eigenvalue weighted by atomic mass is 31.2. The lowest BCUT2D eigenvalue weighted by Crippen LogP contribution is -2.29. The normalized spacial score (nSPS) is 13.0. The van der Waals surface area contributed by atoms with Gasteiger partial charge in [-0.2, -0.15) is 0 Å². The van der Waals surface area contributed by atoms with E-state index in [-0.39, 0.29) is 38.6 Å². The van der Waals surface area contributed by atoms with Crippen molar-refractivity contribution in [1.29, 1.82) is 0 Å². The van der Waals surface area contributed by atoms with Crippen LogP contribution in [0.1, 0.15) is 425 Å². The van der Waals surface area contributed by atoms with Gasteiger partial charge >= 0.3 is 19.8 Å². The summed E-state index contributed by atoms with van der Waals surface area (Å²) in [7, 11) is -4.39. The van der Waals surface area contributed by atoms with Gasteiger partial charge in [-0.05, 0) is 51.4 Å². The lowest BCUT2D eigenvalue weighted by Gasteiger charge is -2.19. The minimum absolute atomic E-state index is 0.0554. The molecule has 526 valence electrons. The summed E-state index contributed by atoms with van der Waals surface area (Å²) in [6.45, 7) is 3.81. The molecular weight excluding hydrogens is 1120 g/mol. The van der Waals surface area contributed by atoms with Crippen LogP contribution in [0.2, 0.25) is 0 Å². The van der Waals surface area contributed by atoms with Gasteiger partial charge in [0, 0.05) is 19.4 Å². The Morgan fingerprint density at radius 1 is 0.337 bits per heavy atom. The van der Waals surface area contributed by atoms with Crippen molar-refractivity contribution in [2.24, 2.45) is 5.73 Å². The van der Waals surface area contributed by atoms with Gasteiger partial charge in [0.1, 0.15) is 6.61 Å². The predicted octanol–water partition coefficient (Wildman–Crippen LogP) is 26.2. The van der Waals surface area contributed by atoms with Crippen LogP contribution >= 0.6 is 7.82 Å². The number of ether oxygens (including phenoxy) is 2. The Balaban J connectivity index is 3.74. The summed E-state index contributed by atoms with van der Waals surface area (Å²) in [5.41, 5.74) is 5.41. The second-order valence-electron chi connectivity index (χ2n) is 26.9. The summed E-state index contributed by atoms with van der Waals surface area (Å²) in [5, 5.41) is 0. The molecule has 0 spiro atoms. The maximum Gasteiger partial charge on any atom is 0.472 e. The number of phosphoric acid groups is 1. The fraction of sp³-hybridized carbons (Fsp3) is 0.899. The molecule has 0 aliphatic heterocycles. The van der Waals surface area contributed by atoms with Crippen molar-refractivity contribution in [3.63, 3.8) is 0 Å². The number of esters is 2. The Kier molecular flexibility index (Phi) is 73.8. The number of carbonyl (C=O) groups is 2. The highest BCUT2D eigenvalue weighted by molar-refractivity contribution is 7.47. The van der Waals surface area contributed by atoms with Gasteiger partial charge < -0.3 is 20.1 Å². The molecule has 0 aromatic heterocycles. The molecular formula is C79H152NO8P. The van der Waals surface area contributed by atoms with Crippen LogP contribution < -0.4 is 5.73 Å². The first-order chi connectivity index (χ1) is 43.8. The van der Waals surface area contributed by atoms with Crippen LogP contribution in [0.15, 0.2) is 36.5 Å². The molecule has 0 bridgehead atoms. The number of rotatable bonds is 76. The smallest absolute Gasteiger partial charge is 0.462 e.